The molecule has 0 unspecified atom stereocenters. The van der Waals surface area contributed by atoms with Gasteiger partial charge >= 0.3 is 0 Å². The van der Waals surface area contributed by atoms with Crippen molar-refractivity contribution in [2.45, 2.75) is 46.1 Å². The van der Waals surface area contributed by atoms with Crippen molar-refractivity contribution in [2.75, 3.05) is 19.6 Å². The molecule has 2 aromatic carbocycles. The molecule has 186 valence electrons. The van der Waals surface area contributed by atoms with Crippen molar-refractivity contribution >= 4 is 28.6 Å². The summed E-state index contributed by atoms with van der Waals surface area (Å²) in [5.41, 5.74) is 4.51. The Morgan fingerprint density at radius 1 is 1.06 bits per heavy atom. The zero-order valence-electron chi connectivity index (χ0n) is 21.7. The first-order chi connectivity index (χ1) is 17.1. The molecule has 1 aromatic heterocycles. The van der Waals surface area contributed by atoms with Crippen LogP contribution in [0.1, 0.15) is 44.7 Å². The number of carbonyl (C=O) groups is 2. The first kappa shape index (κ1) is 23.0. The summed E-state index contributed by atoms with van der Waals surface area (Å²) in [7, 11) is 1.95. The second kappa shape index (κ2) is 7.76. The minimum Gasteiger partial charge on any atom is -0.341 e. The quantitative estimate of drug-likeness (QED) is 0.547. The number of carbonyl (C=O) groups excluding carboxylic acids is 2. The van der Waals surface area contributed by atoms with Crippen LogP contribution in [0.25, 0.3) is 22.0 Å². The third kappa shape index (κ3) is 3.64. The summed E-state index contributed by atoms with van der Waals surface area (Å²) < 4.78 is 1.88. The number of aromatic nitrogens is 2. The zero-order valence-corrected chi connectivity index (χ0v) is 21.7. The van der Waals surface area contributed by atoms with Gasteiger partial charge in [-0.25, -0.2) is 0 Å². The first-order valence-electron chi connectivity index (χ1n) is 12.8. The molecule has 1 aliphatic carbocycles. The van der Waals surface area contributed by atoms with E-state index in [1.54, 1.807) is 0 Å². The van der Waals surface area contributed by atoms with E-state index in [1.807, 2.05) is 41.6 Å². The summed E-state index contributed by atoms with van der Waals surface area (Å²) in [5.74, 6) is 1.33. The van der Waals surface area contributed by atoms with Crippen molar-refractivity contribution in [3.8, 4) is 11.1 Å². The summed E-state index contributed by atoms with van der Waals surface area (Å²) >= 11 is 0. The second-order valence-corrected chi connectivity index (χ2v) is 11.6. The molecule has 1 saturated carbocycles. The van der Waals surface area contributed by atoms with Gasteiger partial charge in [-0.15, -0.1) is 0 Å². The molecule has 7 heteroatoms. The average Bonchev–Trinajstić information content (AvgIpc) is 3.40. The molecule has 0 spiro atoms. The number of nitrogens with zero attached hydrogens (tertiary/aromatic N) is 5. The first-order valence-corrected chi connectivity index (χ1v) is 12.8. The monoisotopic (exact) mass is 483 g/mol. The Balaban J connectivity index is 1.24. The molecule has 0 atom stereocenters. The standard InChI is InChI=1S/C29H33N5O2/c1-18-12-20(21-7-9-24-22(13-21)14-30-32(24)5)6-8-23(18)25-31-28(2,3)26(35)34(25)17-19-15-33(16-19)27(36)29(4)10-11-29/h6-9,12-14,19H,10-11,15-17H2,1-5H3. The maximum Gasteiger partial charge on any atom is 0.255 e. The van der Waals surface area contributed by atoms with Gasteiger partial charge < -0.3 is 4.90 Å². The largest absolute Gasteiger partial charge is 0.341 e. The molecule has 7 nitrogen and oxygen atoms in total. The average molecular weight is 484 g/mol. The molecule has 1 saturated heterocycles. The molecule has 6 rings (SSSR count). The molecule has 2 aliphatic heterocycles. The number of hydrogen-bond acceptors (Lipinski definition) is 4. The van der Waals surface area contributed by atoms with E-state index >= 15 is 0 Å². The van der Waals surface area contributed by atoms with Crippen LogP contribution in [-0.4, -0.2) is 62.4 Å². The predicted molar refractivity (Wildman–Crippen MR) is 141 cm³/mol. The molecular formula is C29H33N5O2. The highest BCUT2D eigenvalue weighted by Gasteiger charge is 2.50. The van der Waals surface area contributed by atoms with Crippen LogP contribution in [0.4, 0.5) is 0 Å². The van der Waals surface area contributed by atoms with Crippen molar-refractivity contribution in [1.82, 2.24) is 19.6 Å². The molecule has 0 N–H and O–H groups in total. The van der Waals surface area contributed by atoms with E-state index in [9.17, 15) is 9.59 Å². The van der Waals surface area contributed by atoms with E-state index < -0.39 is 5.54 Å². The zero-order chi connectivity index (χ0) is 25.4. The van der Waals surface area contributed by atoms with Crippen LogP contribution < -0.4 is 0 Å². The van der Waals surface area contributed by atoms with Crippen molar-refractivity contribution in [2.24, 2.45) is 23.4 Å². The predicted octanol–water partition coefficient (Wildman–Crippen LogP) is 4.17. The number of likely N-dealkylation sites (tertiary alicyclic amines) is 1. The minimum atomic E-state index is -0.785. The highest BCUT2D eigenvalue weighted by Crippen LogP contribution is 2.47. The number of benzene rings is 2. The number of rotatable bonds is 5. The van der Waals surface area contributed by atoms with Gasteiger partial charge in [0.1, 0.15) is 11.4 Å². The summed E-state index contributed by atoms with van der Waals surface area (Å²) in [6.07, 6.45) is 3.88. The van der Waals surface area contributed by atoms with E-state index in [0.717, 1.165) is 64.9 Å². The van der Waals surface area contributed by atoms with Gasteiger partial charge in [0.25, 0.3) is 5.91 Å². The normalized spacial score (nSPS) is 20.6. The number of amidine groups is 1. The molecule has 3 aliphatic rings. The Kier molecular flexibility index (Phi) is 4.95. The molecule has 36 heavy (non-hydrogen) atoms. The van der Waals surface area contributed by atoms with Crippen molar-refractivity contribution in [3.63, 3.8) is 0 Å². The Bertz CT molecular complexity index is 1440. The Hall–Kier alpha value is -3.48. The third-order valence-corrected chi connectivity index (χ3v) is 8.16. The Morgan fingerprint density at radius 2 is 1.75 bits per heavy atom. The van der Waals surface area contributed by atoms with E-state index in [-0.39, 0.29) is 23.1 Å². The number of hydrogen-bond donors (Lipinski definition) is 0. The van der Waals surface area contributed by atoms with Crippen molar-refractivity contribution < 1.29 is 9.59 Å². The Labute approximate surface area is 211 Å². The maximum atomic E-state index is 13.3. The van der Waals surface area contributed by atoms with Crippen LogP contribution in [0, 0.1) is 18.3 Å². The number of aliphatic imine (C=N–C) groups is 1. The summed E-state index contributed by atoms with van der Waals surface area (Å²) in [6, 6.07) is 12.7. The number of amides is 2. The molecule has 0 radical (unpaired) electrons. The number of fused-ring (bicyclic) bond motifs is 1. The van der Waals surface area contributed by atoms with Crippen LogP contribution in [0.3, 0.4) is 0 Å². The lowest BCUT2D eigenvalue weighted by Gasteiger charge is -2.42. The van der Waals surface area contributed by atoms with Gasteiger partial charge in [-0.3, -0.25) is 24.2 Å². The van der Waals surface area contributed by atoms with Crippen LogP contribution in [0.5, 0.6) is 0 Å². The highest BCUT2D eigenvalue weighted by molar-refractivity contribution is 6.15. The SMILES string of the molecule is Cc1cc(-c2ccc3c(cnn3C)c2)ccc1C1=NC(C)(C)C(=O)N1CC1CN(C(=O)C2(C)CC2)C1. The van der Waals surface area contributed by atoms with Gasteiger partial charge in [0, 0.05) is 49.0 Å². The van der Waals surface area contributed by atoms with E-state index in [4.69, 9.17) is 4.99 Å². The summed E-state index contributed by atoms with van der Waals surface area (Å²) in [4.78, 5) is 34.6. The fourth-order valence-electron chi connectivity index (χ4n) is 5.50. The lowest BCUT2D eigenvalue weighted by Crippen LogP contribution is -2.56. The van der Waals surface area contributed by atoms with Crippen LogP contribution in [-0.2, 0) is 16.6 Å². The molecule has 2 amide bonds. The van der Waals surface area contributed by atoms with Crippen LogP contribution in [0.15, 0.2) is 47.6 Å². The Morgan fingerprint density at radius 3 is 2.44 bits per heavy atom. The van der Waals surface area contributed by atoms with Gasteiger partial charge in [-0.1, -0.05) is 31.2 Å². The molecular weight excluding hydrogens is 450 g/mol. The second-order valence-electron chi connectivity index (χ2n) is 11.6. The van der Waals surface area contributed by atoms with Gasteiger partial charge in [-0.05, 0) is 62.4 Å². The van der Waals surface area contributed by atoms with Crippen LogP contribution in [0.2, 0.25) is 0 Å². The van der Waals surface area contributed by atoms with Gasteiger partial charge in [0.2, 0.25) is 5.91 Å². The van der Waals surface area contributed by atoms with Gasteiger partial charge in [0.15, 0.2) is 0 Å². The van der Waals surface area contributed by atoms with E-state index in [2.05, 4.69) is 55.3 Å². The maximum absolute atomic E-state index is 13.3. The summed E-state index contributed by atoms with van der Waals surface area (Å²) in [5, 5.41) is 5.46. The lowest BCUT2D eigenvalue weighted by molar-refractivity contribution is -0.143. The molecule has 3 aromatic rings. The molecule has 3 heterocycles. The number of aryl methyl sites for hydroxylation is 2. The van der Waals surface area contributed by atoms with E-state index in [0.29, 0.717) is 6.54 Å². The van der Waals surface area contributed by atoms with Crippen LogP contribution >= 0.6 is 0 Å². The lowest BCUT2D eigenvalue weighted by atomic mass is 9.94. The van der Waals surface area contributed by atoms with Crippen molar-refractivity contribution in [3.05, 3.63) is 53.7 Å². The minimum absolute atomic E-state index is 0.0296. The van der Waals surface area contributed by atoms with E-state index in [1.165, 1.54) is 0 Å². The topological polar surface area (TPSA) is 70.8 Å². The fourth-order valence-corrected chi connectivity index (χ4v) is 5.50. The third-order valence-electron chi connectivity index (χ3n) is 8.16. The smallest absolute Gasteiger partial charge is 0.255 e. The summed E-state index contributed by atoms with van der Waals surface area (Å²) in [6.45, 7) is 9.94. The van der Waals surface area contributed by atoms with Crippen molar-refractivity contribution in [1.29, 1.82) is 0 Å². The highest BCUT2D eigenvalue weighted by atomic mass is 16.2. The molecule has 0 bridgehead atoms. The van der Waals surface area contributed by atoms with Gasteiger partial charge in [0.05, 0.1) is 11.7 Å². The van der Waals surface area contributed by atoms with Gasteiger partial charge in [-0.2, -0.15) is 5.10 Å². The molecule has 2 fully saturated rings. The fraction of sp³-hybridized carbons (Fsp3) is 0.448.